The van der Waals surface area contributed by atoms with Crippen LogP contribution in [0.3, 0.4) is 0 Å². The molecule has 0 N–H and O–H groups in total. The minimum atomic E-state index is -5.12. The molecule has 0 spiro atoms. The molecule has 0 bridgehead atoms. The molecule has 13 heteroatoms. The van der Waals surface area contributed by atoms with Crippen molar-refractivity contribution < 1.29 is 49.0 Å². The summed E-state index contributed by atoms with van der Waals surface area (Å²) in [4.78, 5) is 14.1. The molecular weight excluding hydrogens is 567 g/mol. The quantitative estimate of drug-likeness (QED) is 0.290. The fourth-order valence-electron chi connectivity index (χ4n) is 5.42. The van der Waals surface area contributed by atoms with E-state index in [2.05, 4.69) is 0 Å². The van der Waals surface area contributed by atoms with Gasteiger partial charge in [-0.15, -0.1) is 0 Å². The van der Waals surface area contributed by atoms with Crippen molar-refractivity contribution in [2.24, 2.45) is 0 Å². The minimum Gasteiger partial charge on any atom is -0.439 e. The maximum atomic E-state index is 13.7. The van der Waals surface area contributed by atoms with E-state index in [4.69, 9.17) is 4.74 Å². The summed E-state index contributed by atoms with van der Waals surface area (Å²) in [6.45, 7) is 0. The average Bonchev–Trinajstić information content (AvgIpc) is 3.48. The number of fused-ring (bicyclic) bond motifs is 1. The van der Waals surface area contributed by atoms with Crippen molar-refractivity contribution in [2.45, 2.75) is 49.6 Å². The van der Waals surface area contributed by atoms with Crippen molar-refractivity contribution in [1.29, 1.82) is 5.26 Å². The number of halogens is 9. The normalized spacial score (nSPS) is 21.0. The SMILES string of the molecule is N#Cc1cccc(-c2ccc(C(F)(F)F)cc2[C@@H]2CC[C@H]3[C@@H](c4cc(C(F)(F)F)cc(C(F)(F)F)c4)OC(=O)N23)c1. The fraction of sp³-hybridized carbons (Fsp3) is 0.286. The van der Waals surface area contributed by atoms with Gasteiger partial charge < -0.3 is 4.74 Å². The molecule has 2 aliphatic heterocycles. The Morgan fingerprint density at radius 1 is 0.780 bits per heavy atom. The number of benzene rings is 3. The molecular formula is C28H17F9N2O2. The largest absolute Gasteiger partial charge is 0.439 e. The number of carbonyl (C=O) groups excluding carboxylic acids is 1. The number of amides is 1. The molecule has 3 atom stereocenters. The standard InChI is InChI=1S/C28H17F9N2O2/c29-26(30,31)17-4-5-20(15-3-1-2-14(8-15)13-38)21(12-17)22-6-7-23-24(41-25(40)39(22)23)16-9-18(27(32,33)34)11-19(10-16)28(35,36)37/h1-5,8-12,22-24H,6-7H2/t22-,23-,24+/m0/s1. The minimum absolute atomic E-state index is 0.0343. The molecule has 3 aromatic rings. The van der Waals surface area contributed by atoms with Crippen molar-refractivity contribution in [3.8, 4) is 17.2 Å². The predicted octanol–water partition coefficient (Wildman–Crippen LogP) is 8.68. The number of nitriles is 1. The van der Waals surface area contributed by atoms with Gasteiger partial charge in [0.15, 0.2) is 0 Å². The molecule has 0 radical (unpaired) electrons. The van der Waals surface area contributed by atoms with Crippen molar-refractivity contribution >= 4 is 6.09 Å². The van der Waals surface area contributed by atoms with Crippen LogP contribution in [0.1, 0.15) is 58.4 Å². The zero-order chi connectivity index (χ0) is 29.9. The number of hydrogen-bond donors (Lipinski definition) is 0. The lowest BCUT2D eigenvalue weighted by atomic mass is 9.91. The summed E-state index contributed by atoms with van der Waals surface area (Å²) in [7, 11) is 0. The second kappa shape index (κ2) is 9.71. The van der Waals surface area contributed by atoms with Crippen LogP contribution in [0, 0.1) is 11.3 Å². The summed E-state index contributed by atoms with van der Waals surface area (Å²) in [5.74, 6) is 0. The van der Waals surface area contributed by atoms with Crippen LogP contribution in [-0.2, 0) is 23.3 Å². The average molecular weight is 584 g/mol. The van der Waals surface area contributed by atoms with Gasteiger partial charge >= 0.3 is 24.6 Å². The Morgan fingerprint density at radius 3 is 2.00 bits per heavy atom. The molecule has 2 fully saturated rings. The molecule has 214 valence electrons. The predicted molar refractivity (Wildman–Crippen MR) is 125 cm³/mol. The van der Waals surface area contributed by atoms with Crippen LogP contribution in [0.2, 0.25) is 0 Å². The van der Waals surface area contributed by atoms with Gasteiger partial charge in [0.1, 0.15) is 6.10 Å². The van der Waals surface area contributed by atoms with E-state index >= 15 is 0 Å². The van der Waals surface area contributed by atoms with Gasteiger partial charge in [0.25, 0.3) is 0 Å². The molecule has 1 amide bonds. The van der Waals surface area contributed by atoms with Crippen LogP contribution >= 0.6 is 0 Å². The Hall–Kier alpha value is -4.21. The molecule has 2 aliphatic rings. The number of nitrogens with zero attached hydrogens (tertiary/aromatic N) is 2. The fourth-order valence-corrected chi connectivity index (χ4v) is 5.42. The summed E-state index contributed by atoms with van der Waals surface area (Å²) in [5.41, 5.74) is -3.78. The first-order valence-electron chi connectivity index (χ1n) is 12.1. The van der Waals surface area contributed by atoms with Crippen molar-refractivity contribution in [1.82, 2.24) is 4.90 Å². The van der Waals surface area contributed by atoms with Gasteiger partial charge in [-0.1, -0.05) is 18.2 Å². The number of hydrogen-bond acceptors (Lipinski definition) is 3. The molecule has 2 heterocycles. The smallest absolute Gasteiger partial charge is 0.416 e. The third-order valence-electron chi connectivity index (χ3n) is 7.20. The second-order valence-corrected chi connectivity index (χ2v) is 9.70. The first-order chi connectivity index (χ1) is 19.1. The number of ether oxygens (including phenoxy) is 1. The molecule has 3 aromatic carbocycles. The van der Waals surface area contributed by atoms with Crippen LogP contribution in [-0.4, -0.2) is 17.0 Å². The number of rotatable bonds is 3. The van der Waals surface area contributed by atoms with Crippen LogP contribution < -0.4 is 0 Å². The summed E-state index contributed by atoms with van der Waals surface area (Å²) in [6.07, 6.45) is -17.5. The van der Waals surface area contributed by atoms with Crippen LogP contribution in [0.5, 0.6) is 0 Å². The first kappa shape index (κ1) is 28.3. The van der Waals surface area contributed by atoms with E-state index < -0.39 is 65.1 Å². The molecule has 0 aliphatic carbocycles. The van der Waals surface area contributed by atoms with Crippen molar-refractivity contribution in [3.63, 3.8) is 0 Å². The van der Waals surface area contributed by atoms with Gasteiger partial charge in [-0.3, -0.25) is 4.90 Å². The van der Waals surface area contributed by atoms with E-state index in [1.54, 1.807) is 6.07 Å². The third-order valence-corrected chi connectivity index (χ3v) is 7.20. The van der Waals surface area contributed by atoms with Crippen LogP contribution in [0.25, 0.3) is 11.1 Å². The highest BCUT2D eigenvalue weighted by atomic mass is 19.4. The first-order valence-corrected chi connectivity index (χ1v) is 12.1. The number of alkyl halides is 9. The summed E-state index contributed by atoms with van der Waals surface area (Å²) < 4.78 is 127. The van der Waals surface area contributed by atoms with Gasteiger partial charge in [0.05, 0.1) is 40.4 Å². The van der Waals surface area contributed by atoms with E-state index in [1.165, 1.54) is 24.3 Å². The molecule has 41 heavy (non-hydrogen) atoms. The van der Waals surface area contributed by atoms with Crippen molar-refractivity contribution in [2.75, 3.05) is 0 Å². The number of carbonyl (C=O) groups is 1. The topological polar surface area (TPSA) is 53.3 Å². The molecule has 5 rings (SSSR count). The zero-order valence-corrected chi connectivity index (χ0v) is 20.5. The summed E-state index contributed by atoms with van der Waals surface area (Å²) in [6, 6.07) is 9.71. The van der Waals surface area contributed by atoms with Gasteiger partial charge in [-0.2, -0.15) is 44.8 Å². The molecule has 0 aromatic heterocycles. The Bertz CT molecular complexity index is 1520. The lowest BCUT2D eigenvalue weighted by Gasteiger charge is -2.26. The molecule has 0 unspecified atom stereocenters. The monoisotopic (exact) mass is 584 g/mol. The zero-order valence-electron chi connectivity index (χ0n) is 20.5. The lowest BCUT2D eigenvalue weighted by Crippen LogP contribution is -2.31. The maximum Gasteiger partial charge on any atom is 0.416 e. The van der Waals surface area contributed by atoms with E-state index in [-0.39, 0.29) is 35.6 Å². The Kier molecular flexibility index (Phi) is 6.71. The van der Waals surface area contributed by atoms with Crippen molar-refractivity contribution in [3.05, 3.63) is 94.0 Å². The molecule has 4 nitrogen and oxygen atoms in total. The Labute approximate surface area is 226 Å². The van der Waals surface area contributed by atoms with Gasteiger partial charge in [0, 0.05) is 0 Å². The Balaban J connectivity index is 1.59. The Morgan fingerprint density at radius 2 is 1.41 bits per heavy atom. The van der Waals surface area contributed by atoms with Gasteiger partial charge in [-0.05, 0) is 77.6 Å². The summed E-state index contributed by atoms with van der Waals surface area (Å²) in [5, 5.41) is 9.27. The van der Waals surface area contributed by atoms with E-state index in [1.807, 2.05) is 6.07 Å². The number of cyclic esters (lactones) is 1. The van der Waals surface area contributed by atoms with Gasteiger partial charge in [-0.25, -0.2) is 4.79 Å². The third kappa shape index (κ3) is 5.30. The van der Waals surface area contributed by atoms with Crippen LogP contribution in [0.4, 0.5) is 44.3 Å². The second-order valence-electron chi connectivity index (χ2n) is 9.70. The van der Waals surface area contributed by atoms with Gasteiger partial charge in [0.2, 0.25) is 0 Å². The molecule has 2 saturated heterocycles. The maximum absolute atomic E-state index is 13.7. The van der Waals surface area contributed by atoms with Crippen LogP contribution in [0.15, 0.2) is 60.7 Å². The highest BCUT2D eigenvalue weighted by Gasteiger charge is 2.52. The van der Waals surface area contributed by atoms with E-state index in [0.717, 1.165) is 17.0 Å². The summed E-state index contributed by atoms with van der Waals surface area (Å²) >= 11 is 0. The van der Waals surface area contributed by atoms with E-state index in [0.29, 0.717) is 17.7 Å². The lowest BCUT2D eigenvalue weighted by molar-refractivity contribution is -0.143. The van der Waals surface area contributed by atoms with E-state index in [9.17, 15) is 49.6 Å². The highest BCUT2D eigenvalue weighted by molar-refractivity contribution is 5.75. The highest BCUT2D eigenvalue weighted by Crippen LogP contribution is 2.51. The molecule has 0 saturated carbocycles.